The molecule has 27 heavy (non-hydrogen) atoms. The van der Waals surface area contributed by atoms with Crippen LogP contribution in [0, 0.1) is 20.8 Å². The lowest BCUT2D eigenvalue weighted by Gasteiger charge is -2.04. The maximum absolute atomic E-state index is 5.51. The van der Waals surface area contributed by atoms with Gasteiger partial charge in [0.15, 0.2) is 5.82 Å². The number of hydrogen-bond donors (Lipinski definition) is 0. The second-order valence-electron chi connectivity index (χ2n) is 6.41. The van der Waals surface area contributed by atoms with Crippen molar-refractivity contribution in [1.29, 1.82) is 0 Å². The van der Waals surface area contributed by atoms with Gasteiger partial charge in [0.2, 0.25) is 0 Å². The van der Waals surface area contributed by atoms with Crippen LogP contribution >= 0.6 is 11.3 Å². The van der Waals surface area contributed by atoms with Gasteiger partial charge < -0.3 is 9.26 Å². The van der Waals surface area contributed by atoms with E-state index >= 15 is 0 Å². The Bertz CT molecular complexity index is 1070. The van der Waals surface area contributed by atoms with Gasteiger partial charge in [0.1, 0.15) is 16.5 Å². The third kappa shape index (κ3) is 3.28. The van der Waals surface area contributed by atoms with E-state index in [4.69, 9.17) is 14.2 Å². The highest BCUT2D eigenvalue weighted by atomic mass is 32.1. The molecule has 0 amide bonds. The minimum atomic E-state index is 0.668. The second-order valence-corrected chi connectivity index (χ2v) is 7.27. The van der Waals surface area contributed by atoms with Crippen molar-refractivity contribution in [3.05, 3.63) is 58.9 Å². The first-order valence-electron chi connectivity index (χ1n) is 8.88. The Hall–Kier alpha value is -2.86. The highest BCUT2D eigenvalue weighted by Crippen LogP contribution is 2.33. The summed E-state index contributed by atoms with van der Waals surface area (Å²) in [6.07, 6.45) is 0. The van der Waals surface area contributed by atoms with Crippen LogP contribution in [0.25, 0.3) is 27.6 Å². The van der Waals surface area contributed by atoms with Crippen molar-refractivity contribution >= 4 is 11.3 Å². The van der Waals surface area contributed by atoms with E-state index in [9.17, 15) is 0 Å². The molecule has 4 rings (SSSR count). The predicted octanol–water partition coefficient (Wildman–Crippen LogP) is 5.58. The van der Waals surface area contributed by atoms with Crippen LogP contribution in [0.3, 0.4) is 0 Å². The zero-order chi connectivity index (χ0) is 19.0. The van der Waals surface area contributed by atoms with Crippen molar-refractivity contribution < 1.29 is 9.26 Å². The summed E-state index contributed by atoms with van der Waals surface area (Å²) in [6.45, 7) is 8.71. The molecule has 3 heterocycles. The number of ether oxygens (including phenoxy) is 1. The lowest BCUT2D eigenvalue weighted by molar-refractivity contribution is 0.340. The molecule has 5 nitrogen and oxygen atoms in total. The minimum absolute atomic E-state index is 0.668. The normalized spacial score (nSPS) is 11.1. The fourth-order valence-corrected chi connectivity index (χ4v) is 4.05. The number of nitrogens with zero attached hydrogens (tertiary/aromatic N) is 3. The SMILES string of the molecule is CCOc1ccc(-c2nc(-c3cc(C)n(-c4cc(C)on4)c3C)cs2)cc1. The zero-order valence-corrected chi connectivity index (χ0v) is 16.6. The van der Waals surface area contributed by atoms with Crippen molar-refractivity contribution in [3.63, 3.8) is 0 Å². The van der Waals surface area contributed by atoms with Crippen molar-refractivity contribution in [3.8, 4) is 33.4 Å². The fraction of sp³-hybridized carbons (Fsp3) is 0.238. The first-order chi connectivity index (χ1) is 13.1. The average molecular weight is 379 g/mol. The molecular formula is C21H21N3O2S. The Kier molecular flexibility index (Phi) is 4.58. The standard InChI is InChI=1S/C21H21N3O2S/c1-5-25-17-8-6-16(7-9-17)21-22-19(12-27-21)18-10-13(2)24(15(18)4)20-11-14(3)26-23-20/h6-12H,5H2,1-4H3. The highest BCUT2D eigenvalue weighted by Gasteiger charge is 2.17. The molecule has 0 saturated heterocycles. The molecule has 6 heteroatoms. The van der Waals surface area contributed by atoms with Crippen LogP contribution in [0.1, 0.15) is 24.1 Å². The molecule has 138 valence electrons. The summed E-state index contributed by atoms with van der Waals surface area (Å²) in [4.78, 5) is 4.86. The maximum atomic E-state index is 5.51. The minimum Gasteiger partial charge on any atom is -0.494 e. The molecule has 0 spiro atoms. The van der Waals surface area contributed by atoms with E-state index in [1.807, 2.05) is 32.0 Å². The van der Waals surface area contributed by atoms with Gasteiger partial charge in [-0.1, -0.05) is 5.16 Å². The molecule has 0 radical (unpaired) electrons. The summed E-state index contributed by atoms with van der Waals surface area (Å²) in [6, 6.07) is 12.2. The molecule has 0 bridgehead atoms. The van der Waals surface area contributed by atoms with Crippen LogP contribution in [-0.4, -0.2) is 21.3 Å². The molecule has 0 aliphatic carbocycles. The van der Waals surface area contributed by atoms with Gasteiger partial charge >= 0.3 is 0 Å². The Morgan fingerprint density at radius 3 is 2.56 bits per heavy atom. The Labute approximate surface area is 162 Å². The van der Waals surface area contributed by atoms with Gasteiger partial charge in [0.25, 0.3) is 0 Å². The molecule has 0 fully saturated rings. The molecule has 0 atom stereocenters. The first-order valence-corrected chi connectivity index (χ1v) is 9.76. The summed E-state index contributed by atoms with van der Waals surface area (Å²) < 4.78 is 12.9. The lowest BCUT2D eigenvalue weighted by Crippen LogP contribution is -1.99. The molecule has 0 aliphatic rings. The number of rotatable bonds is 5. The van der Waals surface area contributed by atoms with E-state index < -0.39 is 0 Å². The second kappa shape index (κ2) is 7.04. The average Bonchev–Trinajstić information content (AvgIpc) is 3.36. The summed E-state index contributed by atoms with van der Waals surface area (Å²) in [5.74, 6) is 2.48. The van der Waals surface area contributed by atoms with E-state index in [0.29, 0.717) is 6.61 Å². The molecule has 0 unspecified atom stereocenters. The number of benzene rings is 1. The van der Waals surface area contributed by atoms with Crippen LogP contribution in [0.4, 0.5) is 0 Å². The van der Waals surface area contributed by atoms with Crippen LogP contribution in [0.2, 0.25) is 0 Å². The van der Waals surface area contributed by atoms with Gasteiger partial charge in [0.05, 0.1) is 12.3 Å². The number of aromatic nitrogens is 3. The number of hydrogen-bond acceptors (Lipinski definition) is 5. The van der Waals surface area contributed by atoms with Crippen molar-refractivity contribution in [2.45, 2.75) is 27.7 Å². The van der Waals surface area contributed by atoms with Crippen LogP contribution in [0.15, 0.2) is 46.3 Å². The van der Waals surface area contributed by atoms with Crippen molar-refractivity contribution in [1.82, 2.24) is 14.7 Å². The van der Waals surface area contributed by atoms with Gasteiger partial charge in [-0.2, -0.15) is 0 Å². The summed E-state index contributed by atoms with van der Waals surface area (Å²) in [5.41, 5.74) is 5.39. The van der Waals surface area contributed by atoms with Crippen LogP contribution < -0.4 is 4.74 Å². The first kappa shape index (κ1) is 17.5. The van der Waals surface area contributed by atoms with E-state index in [1.165, 1.54) is 0 Å². The molecular weight excluding hydrogens is 358 g/mol. The molecule has 0 aliphatic heterocycles. The van der Waals surface area contributed by atoms with Gasteiger partial charge in [0, 0.05) is 34.0 Å². The Balaban J connectivity index is 1.67. The molecule has 3 aromatic heterocycles. The third-order valence-corrected chi connectivity index (χ3v) is 5.36. The van der Waals surface area contributed by atoms with Crippen molar-refractivity contribution in [2.24, 2.45) is 0 Å². The molecule has 0 saturated carbocycles. The van der Waals surface area contributed by atoms with Crippen molar-refractivity contribution in [2.75, 3.05) is 6.61 Å². The number of thiazole rings is 1. The van der Waals surface area contributed by atoms with E-state index in [-0.39, 0.29) is 0 Å². The molecule has 1 aromatic carbocycles. The molecule has 4 aromatic rings. The van der Waals surface area contributed by atoms with Gasteiger partial charge in [-0.25, -0.2) is 4.98 Å². The summed E-state index contributed by atoms with van der Waals surface area (Å²) in [7, 11) is 0. The maximum Gasteiger partial charge on any atom is 0.180 e. The van der Waals surface area contributed by atoms with Gasteiger partial charge in [-0.15, -0.1) is 11.3 Å². The summed E-state index contributed by atoms with van der Waals surface area (Å²) >= 11 is 1.65. The van der Waals surface area contributed by atoms with Gasteiger partial charge in [-0.3, -0.25) is 4.57 Å². The van der Waals surface area contributed by atoms with Gasteiger partial charge in [-0.05, 0) is 58.0 Å². The highest BCUT2D eigenvalue weighted by molar-refractivity contribution is 7.13. The lowest BCUT2D eigenvalue weighted by atomic mass is 10.2. The monoisotopic (exact) mass is 379 g/mol. The van der Waals surface area contributed by atoms with Crippen LogP contribution in [-0.2, 0) is 0 Å². The zero-order valence-electron chi connectivity index (χ0n) is 15.8. The predicted molar refractivity (Wildman–Crippen MR) is 108 cm³/mol. The topological polar surface area (TPSA) is 53.1 Å². The third-order valence-electron chi connectivity index (χ3n) is 4.47. The van der Waals surface area contributed by atoms with E-state index in [2.05, 4.69) is 47.2 Å². The fourth-order valence-electron chi connectivity index (χ4n) is 3.22. The Morgan fingerprint density at radius 2 is 1.89 bits per heavy atom. The van der Waals surface area contributed by atoms with E-state index in [0.717, 1.165) is 50.5 Å². The number of aryl methyl sites for hydroxylation is 2. The summed E-state index contributed by atoms with van der Waals surface area (Å²) in [5, 5.41) is 7.25. The Morgan fingerprint density at radius 1 is 1.11 bits per heavy atom. The van der Waals surface area contributed by atoms with Crippen LogP contribution in [0.5, 0.6) is 5.75 Å². The molecule has 0 N–H and O–H groups in total. The van der Waals surface area contributed by atoms with E-state index in [1.54, 1.807) is 11.3 Å². The quantitative estimate of drug-likeness (QED) is 0.454. The smallest absolute Gasteiger partial charge is 0.180 e. The largest absolute Gasteiger partial charge is 0.494 e.